The van der Waals surface area contributed by atoms with E-state index in [1.165, 1.54) is 25.3 Å². The summed E-state index contributed by atoms with van der Waals surface area (Å²) in [6, 6.07) is 9.21. The Morgan fingerprint density at radius 2 is 1.93 bits per heavy atom. The molecule has 0 unspecified atom stereocenters. The number of halogens is 2. The molecule has 7 nitrogen and oxygen atoms in total. The van der Waals surface area contributed by atoms with Gasteiger partial charge in [-0.3, -0.25) is 4.79 Å². The van der Waals surface area contributed by atoms with E-state index in [0.29, 0.717) is 11.0 Å². The summed E-state index contributed by atoms with van der Waals surface area (Å²) in [4.78, 5) is 36.9. The highest BCUT2D eigenvalue weighted by atomic mass is 79.9. The normalized spacial score (nSPS) is 10.6. The third-order valence-corrected chi connectivity index (χ3v) is 4.78. The van der Waals surface area contributed by atoms with Gasteiger partial charge in [-0.25, -0.2) is 9.59 Å². The number of anilines is 1. The molecule has 1 aromatic heterocycles. The van der Waals surface area contributed by atoms with Crippen LogP contribution < -0.4 is 15.7 Å². The lowest BCUT2D eigenvalue weighted by molar-refractivity contribution is 0.0522. The van der Waals surface area contributed by atoms with Gasteiger partial charge >= 0.3 is 11.6 Å². The molecule has 29 heavy (non-hydrogen) atoms. The topological polar surface area (TPSA) is 94.8 Å². The molecule has 1 N–H and O–H groups in total. The summed E-state index contributed by atoms with van der Waals surface area (Å²) in [5.74, 6) is -1.16. The maximum atomic E-state index is 12.7. The molecule has 1 amide bonds. The van der Waals surface area contributed by atoms with Crippen molar-refractivity contribution in [3.8, 4) is 5.75 Å². The van der Waals surface area contributed by atoms with Crippen molar-refractivity contribution in [3.05, 3.63) is 67.4 Å². The molecule has 0 fully saturated rings. The van der Waals surface area contributed by atoms with Gasteiger partial charge in [0.25, 0.3) is 5.91 Å². The predicted molar refractivity (Wildman–Crippen MR) is 112 cm³/mol. The molecule has 0 saturated carbocycles. The van der Waals surface area contributed by atoms with Gasteiger partial charge in [0, 0.05) is 15.9 Å². The van der Waals surface area contributed by atoms with E-state index >= 15 is 0 Å². The van der Waals surface area contributed by atoms with E-state index in [4.69, 9.17) is 25.5 Å². The molecule has 0 spiro atoms. The van der Waals surface area contributed by atoms with Crippen molar-refractivity contribution in [2.45, 2.75) is 6.92 Å². The molecule has 2 aromatic carbocycles. The summed E-state index contributed by atoms with van der Waals surface area (Å²) in [6.07, 6.45) is 0. The maximum absolute atomic E-state index is 12.7. The monoisotopic (exact) mass is 479 g/mol. The van der Waals surface area contributed by atoms with Crippen LogP contribution in [0.25, 0.3) is 11.0 Å². The lowest BCUT2D eigenvalue weighted by Gasteiger charge is -2.13. The van der Waals surface area contributed by atoms with Crippen molar-refractivity contribution in [3.63, 3.8) is 0 Å². The zero-order valence-corrected chi connectivity index (χ0v) is 17.7. The van der Waals surface area contributed by atoms with Crippen LogP contribution in [0.3, 0.4) is 0 Å². The Labute approximate surface area is 178 Å². The molecule has 0 saturated heterocycles. The van der Waals surface area contributed by atoms with Gasteiger partial charge in [-0.05, 0) is 37.3 Å². The second-order valence-electron chi connectivity index (χ2n) is 5.84. The number of rotatable bonds is 5. The Balaban J connectivity index is 1.96. The quantitative estimate of drug-likeness (QED) is 0.422. The first-order valence-corrected chi connectivity index (χ1v) is 9.60. The first-order valence-electron chi connectivity index (χ1n) is 8.43. The molecule has 0 bridgehead atoms. The van der Waals surface area contributed by atoms with E-state index in [-0.39, 0.29) is 34.2 Å². The number of carbonyl (C=O) groups excluding carboxylic acids is 2. The number of hydrogen-bond donors (Lipinski definition) is 1. The lowest BCUT2D eigenvalue weighted by Crippen LogP contribution is -2.21. The molecule has 0 aliphatic heterocycles. The fourth-order valence-corrected chi connectivity index (χ4v) is 3.22. The van der Waals surface area contributed by atoms with Gasteiger partial charge < -0.3 is 19.2 Å². The Kier molecular flexibility index (Phi) is 6.24. The van der Waals surface area contributed by atoms with Gasteiger partial charge in [0.05, 0.1) is 24.4 Å². The fourth-order valence-electron chi connectivity index (χ4n) is 2.63. The third kappa shape index (κ3) is 4.44. The number of hydrogen-bond acceptors (Lipinski definition) is 6. The number of fused-ring (bicyclic) bond motifs is 1. The van der Waals surface area contributed by atoms with Crippen LogP contribution >= 0.6 is 27.5 Å². The van der Waals surface area contributed by atoms with Crippen LogP contribution in [0, 0.1) is 0 Å². The molecule has 1 heterocycles. The minimum absolute atomic E-state index is 0.0788. The van der Waals surface area contributed by atoms with Crippen LogP contribution in [0.4, 0.5) is 5.69 Å². The van der Waals surface area contributed by atoms with Crippen LogP contribution in [0.1, 0.15) is 27.6 Å². The summed E-state index contributed by atoms with van der Waals surface area (Å²) in [7, 11) is 1.37. The van der Waals surface area contributed by atoms with Crippen LogP contribution in [-0.4, -0.2) is 25.6 Å². The van der Waals surface area contributed by atoms with Crippen LogP contribution in [0.15, 0.2) is 50.1 Å². The Morgan fingerprint density at radius 3 is 2.62 bits per heavy atom. The molecule has 0 aliphatic rings. The molecule has 0 aliphatic carbocycles. The highest BCUT2D eigenvalue weighted by Crippen LogP contribution is 2.32. The Morgan fingerprint density at radius 1 is 1.17 bits per heavy atom. The zero-order chi connectivity index (χ0) is 21.1. The summed E-state index contributed by atoms with van der Waals surface area (Å²) in [5, 5.41) is 3.20. The van der Waals surface area contributed by atoms with E-state index in [2.05, 4.69) is 21.2 Å². The van der Waals surface area contributed by atoms with Crippen LogP contribution in [0.2, 0.25) is 5.02 Å². The molecular weight excluding hydrogens is 466 g/mol. The van der Waals surface area contributed by atoms with E-state index in [0.717, 1.165) is 4.47 Å². The minimum atomic E-state index is -0.788. The predicted octanol–water partition coefficient (Wildman–Crippen LogP) is 4.65. The first kappa shape index (κ1) is 20.9. The zero-order valence-electron chi connectivity index (χ0n) is 15.4. The molecule has 150 valence electrons. The number of ether oxygens (including phenoxy) is 2. The molecule has 9 heteroatoms. The highest BCUT2D eigenvalue weighted by molar-refractivity contribution is 9.10. The Bertz CT molecular complexity index is 1170. The van der Waals surface area contributed by atoms with Gasteiger partial charge in [0.1, 0.15) is 22.5 Å². The summed E-state index contributed by atoms with van der Waals surface area (Å²) in [6.45, 7) is 1.86. The minimum Gasteiger partial charge on any atom is -0.496 e. The average Bonchev–Trinajstić information content (AvgIpc) is 2.69. The van der Waals surface area contributed by atoms with Crippen molar-refractivity contribution < 1.29 is 23.5 Å². The molecule has 3 aromatic rings. The average molecular weight is 481 g/mol. The van der Waals surface area contributed by atoms with Gasteiger partial charge in [0.2, 0.25) is 0 Å². The van der Waals surface area contributed by atoms with E-state index in [1.54, 1.807) is 25.1 Å². The van der Waals surface area contributed by atoms with Crippen LogP contribution in [0.5, 0.6) is 5.75 Å². The second kappa shape index (κ2) is 8.67. The standard InChI is InChI=1S/C20H15BrClNO6/c1-3-28-19(25)12-8-14(22)15(9-17(12)27-2)23-18(24)13-7-10-6-11(21)4-5-16(10)29-20(13)26/h4-9H,3H2,1-2H3,(H,23,24). The van der Waals surface area contributed by atoms with Gasteiger partial charge in [-0.15, -0.1) is 0 Å². The molecule has 0 atom stereocenters. The van der Waals surface area contributed by atoms with Crippen molar-refractivity contribution >= 4 is 56.1 Å². The molecular formula is C20H15BrClNO6. The summed E-state index contributed by atoms with van der Waals surface area (Å²) >= 11 is 9.54. The van der Waals surface area contributed by atoms with E-state index < -0.39 is 17.5 Å². The fraction of sp³-hybridized carbons (Fsp3) is 0.150. The number of esters is 1. The van der Waals surface area contributed by atoms with E-state index in [1.807, 2.05) is 0 Å². The van der Waals surface area contributed by atoms with Crippen molar-refractivity contribution in [1.82, 2.24) is 0 Å². The summed E-state index contributed by atoms with van der Waals surface area (Å²) < 4.78 is 16.1. The van der Waals surface area contributed by atoms with E-state index in [9.17, 15) is 14.4 Å². The first-order chi connectivity index (χ1) is 13.8. The van der Waals surface area contributed by atoms with Gasteiger partial charge in [-0.2, -0.15) is 0 Å². The van der Waals surface area contributed by atoms with Gasteiger partial charge in [-0.1, -0.05) is 27.5 Å². The van der Waals surface area contributed by atoms with Crippen molar-refractivity contribution in [1.29, 1.82) is 0 Å². The number of benzene rings is 2. The number of carbonyl (C=O) groups is 2. The smallest absolute Gasteiger partial charge is 0.349 e. The lowest BCUT2D eigenvalue weighted by atomic mass is 10.1. The highest BCUT2D eigenvalue weighted by Gasteiger charge is 2.20. The van der Waals surface area contributed by atoms with Gasteiger partial charge in [0.15, 0.2) is 0 Å². The largest absolute Gasteiger partial charge is 0.496 e. The Hall–Kier alpha value is -2.84. The molecule has 0 radical (unpaired) electrons. The van der Waals surface area contributed by atoms with Crippen LogP contribution in [-0.2, 0) is 4.74 Å². The number of amides is 1. The third-order valence-electron chi connectivity index (χ3n) is 3.97. The molecule has 3 rings (SSSR count). The second-order valence-corrected chi connectivity index (χ2v) is 7.16. The number of methoxy groups -OCH3 is 1. The SMILES string of the molecule is CCOC(=O)c1cc(Cl)c(NC(=O)c2cc3cc(Br)ccc3oc2=O)cc1OC. The van der Waals surface area contributed by atoms with Crippen molar-refractivity contribution in [2.24, 2.45) is 0 Å². The number of nitrogens with one attached hydrogen (secondary N) is 1. The summed E-state index contributed by atoms with van der Waals surface area (Å²) in [5.41, 5.74) is -0.348. The maximum Gasteiger partial charge on any atom is 0.349 e. The van der Waals surface area contributed by atoms with Crippen molar-refractivity contribution in [2.75, 3.05) is 19.0 Å².